The summed E-state index contributed by atoms with van der Waals surface area (Å²) in [6, 6.07) is 1.52. The molecule has 0 saturated carbocycles. The summed E-state index contributed by atoms with van der Waals surface area (Å²) < 4.78 is 0. The third-order valence-corrected chi connectivity index (χ3v) is 3.08. The monoisotopic (exact) mass is 170 g/mol. The molecule has 1 saturated heterocycles. The van der Waals surface area contributed by atoms with Crippen molar-refractivity contribution in [2.24, 2.45) is 5.92 Å². The SMILES string of the molecule is CCN(C1CNC1)C(C)C(C)C. The number of hydrogen-bond donors (Lipinski definition) is 1. The minimum atomic E-state index is 0.724. The minimum absolute atomic E-state index is 0.724. The molecule has 0 aromatic carbocycles. The highest BCUT2D eigenvalue weighted by atomic mass is 15.2. The lowest BCUT2D eigenvalue weighted by Gasteiger charge is -2.42. The van der Waals surface area contributed by atoms with E-state index in [0.29, 0.717) is 0 Å². The first-order chi connectivity index (χ1) is 5.66. The van der Waals surface area contributed by atoms with Gasteiger partial charge in [0.2, 0.25) is 0 Å². The molecule has 1 N–H and O–H groups in total. The molecule has 0 aromatic heterocycles. The lowest BCUT2D eigenvalue weighted by Crippen LogP contribution is -2.60. The maximum atomic E-state index is 3.33. The molecule has 1 unspecified atom stereocenters. The van der Waals surface area contributed by atoms with E-state index in [1.807, 2.05) is 0 Å². The van der Waals surface area contributed by atoms with Crippen LogP contribution in [-0.2, 0) is 0 Å². The minimum Gasteiger partial charge on any atom is -0.314 e. The first kappa shape index (κ1) is 10.0. The molecular formula is C10H22N2. The topological polar surface area (TPSA) is 15.3 Å². The fourth-order valence-corrected chi connectivity index (χ4v) is 1.77. The first-order valence-corrected chi connectivity index (χ1v) is 5.13. The summed E-state index contributed by atoms with van der Waals surface area (Å²) >= 11 is 0. The number of nitrogens with zero attached hydrogens (tertiary/aromatic N) is 1. The predicted octanol–water partition coefficient (Wildman–Crippen LogP) is 1.32. The highest BCUT2D eigenvalue weighted by Gasteiger charge is 2.27. The van der Waals surface area contributed by atoms with Crippen molar-refractivity contribution < 1.29 is 0 Å². The predicted molar refractivity (Wildman–Crippen MR) is 53.3 cm³/mol. The van der Waals surface area contributed by atoms with Crippen LogP contribution in [0.25, 0.3) is 0 Å². The average Bonchev–Trinajstić information content (AvgIpc) is 1.94. The van der Waals surface area contributed by atoms with Crippen LogP contribution < -0.4 is 5.32 Å². The van der Waals surface area contributed by atoms with Gasteiger partial charge in [-0.3, -0.25) is 4.90 Å². The van der Waals surface area contributed by atoms with Crippen LogP contribution in [-0.4, -0.2) is 36.6 Å². The Morgan fingerprint density at radius 1 is 1.33 bits per heavy atom. The quantitative estimate of drug-likeness (QED) is 0.684. The Morgan fingerprint density at radius 2 is 1.92 bits per heavy atom. The molecule has 72 valence electrons. The maximum absolute atomic E-state index is 3.33. The van der Waals surface area contributed by atoms with E-state index in [2.05, 4.69) is 37.9 Å². The summed E-state index contributed by atoms with van der Waals surface area (Å²) in [5, 5.41) is 3.33. The normalized spacial score (nSPS) is 21.5. The molecule has 2 nitrogen and oxygen atoms in total. The van der Waals surface area contributed by atoms with Gasteiger partial charge in [0.05, 0.1) is 0 Å². The number of rotatable bonds is 4. The van der Waals surface area contributed by atoms with E-state index in [1.54, 1.807) is 0 Å². The molecule has 1 aliphatic rings. The summed E-state index contributed by atoms with van der Waals surface area (Å²) in [4.78, 5) is 2.61. The second-order valence-electron chi connectivity index (χ2n) is 4.13. The van der Waals surface area contributed by atoms with Crippen molar-refractivity contribution in [3.63, 3.8) is 0 Å². The Balaban J connectivity index is 2.42. The second kappa shape index (κ2) is 4.24. The fraction of sp³-hybridized carbons (Fsp3) is 1.00. The lowest BCUT2D eigenvalue weighted by atomic mass is 10.0. The Bertz CT molecular complexity index is 130. The van der Waals surface area contributed by atoms with Crippen molar-refractivity contribution in [3.05, 3.63) is 0 Å². The van der Waals surface area contributed by atoms with E-state index in [1.165, 1.54) is 19.6 Å². The van der Waals surface area contributed by atoms with Gasteiger partial charge in [-0.05, 0) is 19.4 Å². The van der Waals surface area contributed by atoms with Gasteiger partial charge in [-0.1, -0.05) is 20.8 Å². The molecule has 0 bridgehead atoms. The zero-order valence-corrected chi connectivity index (χ0v) is 8.80. The Labute approximate surface area is 76.3 Å². The Hall–Kier alpha value is -0.0800. The van der Waals surface area contributed by atoms with Crippen molar-refractivity contribution in [1.82, 2.24) is 10.2 Å². The number of likely N-dealkylation sites (N-methyl/N-ethyl adjacent to an activating group) is 1. The van der Waals surface area contributed by atoms with Gasteiger partial charge >= 0.3 is 0 Å². The van der Waals surface area contributed by atoms with Gasteiger partial charge in [0.1, 0.15) is 0 Å². The third kappa shape index (κ3) is 1.99. The van der Waals surface area contributed by atoms with Crippen molar-refractivity contribution in [1.29, 1.82) is 0 Å². The maximum Gasteiger partial charge on any atom is 0.0348 e. The Kier molecular flexibility index (Phi) is 3.53. The highest BCUT2D eigenvalue weighted by Crippen LogP contribution is 2.15. The molecule has 0 spiro atoms. The molecule has 0 radical (unpaired) electrons. The zero-order chi connectivity index (χ0) is 9.14. The van der Waals surface area contributed by atoms with Crippen LogP contribution >= 0.6 is 0 Å². The fourth-order valence-electron chi connectivity index (χ4n) is 1.77. The van der Waals surface area contributed by atoms with Gasteiger partial charge in [0.25, 0.3) is 0 Å². The molecule has 1 aliphatic heterocycles. The second-order valence-corrected chi connectivity index (χ2v) is 4.13. The van der Waals surface area contributed by atoms with Crippen molar-refractivity contribution in [2.45, 2.75) is 39.8 Å². The van der Waals surface area contributed by atoms with Crippen LogP contribution in [0.2, 0.25) is 0 Å². The molecule has 1 atom stereocenters. The summed E-state index contributed by atoms with van der Waals surface area (Å²) in [6.07, 6.45) is 0. The van der Waals surface area contributed by atoms with E-state index >= 15 is 0 Å². The van der Waals surface area contributed by atoms with Crippen molar-refractivity contribution >= 4 is 0 Å². The molecule has 2 heteroatoms. The zero-order valence-electron chi connectivity index (χ0n) is 8.80. The third-order valence-electron chi connectivity index (χ3n) is 3.08. The van der Waals surface area contributed by atoms with E-state index in [4.69, 9.17) is 0 Å². The standard InChI is InChI=1S/C10H22N2/c1-5-12(9(4)8(2)3)10-6-11-7-10/h8-11H,5-7H2,1-4H3. The van der Waals surface area contributed by atoms with Gasteiger partial charge in [-0.25, -0.2) is 0 Å². The van der Waals surface area contributed by atoms with Crippen molar-refractivity contribution in [2.75, 3.05) is 19.6 Å². The average molecular weight is 170 g/mol. The van der Waals surface area contributed by atoms with Crippen LogP contribution in [0, 0.1) is 5.92 Å². The van der Waals surface area contributed by atoms with E-state index in [9.17, 15) is 0 Å². The van der Waals surface area contributed by atoms with E-state index in [-0.39, 0.29) is 0 Å². The number of nitrogens with one attached hydrogen (secondary N) is 1. The summed E-state index contributed by atoms with van der Waals surface area (Å²) in [5.74, 6) is 0.769. The van der Waals surface area contributed by atoms with E-state index < -0.39 is 0 Å². The van der Waals surface area contributed by atoms with Gasteiger partial charge in [-0.15, -0.1) is 0 Å². The molecular weight excluding hydrogens is 148 g/mol. The molecule has 0 aliphatic carbocycles. The molecule has 1 rings (SSSR count). The van der Waals surface area contributed by atoms with Crippen LogP contribution in [0.3, 0.4) is 0 Å². The molecule has 0 amide bonds. The summed E-state index contributed by atoms with van der Waals surface area (Å²) in [7, 11) is 0. The largest absolute Gasteiger partial charge is 0.314 e. The molecule has 0 aromatic rings. The lowest BCUT2D eigenvalue weighted by molar-refractivity contribution is 0.0857. The summed E-state index contributed by atoms with van der Waals surface area (Å²) in [5.41, 5.74) is 0. The van der Waals surface area contributed by atoms with Crippen molar-refractivity contribution in [3.8, 4) is 0 Å². The smallest absolute Gasteiger partial charge is 0.0348 e. The summed E-state index contributed by atoms with van der Waals surface area (Å²) in [6.45, 7) is 12.8. The van der Waals surface area contributed by atoms with Crippen LogP contribution in [0.4, 0.5) is 0 Å². The Morgan fingerprint density at radius 3 is 2.17 bits per heavy atom. The first-order valence-electron chi connectivity index (χ1n) is 5.13. The van der Waals surface area contributed by atoms with Gasteiger partial charge < -0.3 is 5.32 Å². The van der Waals surface area contributed by atoms with Crippen LogP contribution in [0.1, 0.15) is 27.7 Å². The van der Waals surface area contributed by atoms with Gasteiger partial charge in [0, 0.05) is 25.2 Å². The van der Waals surface area contributed by atoms with Crippen LogP contribution in [0.15, 0.2) is 0 Å². The number of hydrogen-bond acceptors (Lipinski definition) is 2. The van der Waals surface area contributed by atoms with Crippen LogP contribution in [0.5, 0.6) is 0 Å². The van der Waals surface area contributed by atoms with Gasteiger partial charge in [0.15, 0.2) is 0 Å². The van der Waals surface area contributed by atoms with E-state index in [0.717, 1.165) is 18.0 Å². The molecule has 12 heavy (non-hydrogen) atoms. The molecule has 1 heterocycles. The van der Waals surface area contributed by atoms with Gasteiger partial charge in [-0.2, -0.15) is 0 Å². The highest BCUT2D eigenvalue weighted by molar-refractivity contribution is 4.87. The molecule has 1 fully saturated rings.